The lowest BCUT2D eigenvalue weighted by Gasteiger charge is -2.11. The molecule has 1 aliphatic carbocycles. The summed E-state index contributed by atoms with van der Waals surface area (Å²) < 4.78 is 37.6. The number of halogens is 3. The molecule has 0 unspecified atom stereocenters. The van der Waals surface area contributed by atoms with Crippen LogP contribution in [0.3, 0.4) is 0 Å². The van der Waals surface area contributed by atoms with Crippen molar-refractivity contribution in [3.05, 3.63) is 35.4 Å². The Morgan fingerprint density at radius 3 is 2.29 bits per heavy atom. The lowest BCUT2D eigenvalue weighted by atomic mass is 10.0. The van der Waals surface area contributed by atoms with E-state index in [1.54, 1.807) is 6.07 Å². The fourth-order valence-corrected chi connectivity index (χ4v) is 1.65. The first-order valence-corrected chi connectivity index (χ1v) is 4.42. The molecule has 0 aliphatic heterocycles. The van der Waals surface area contributed by atoms with E-state index in [4.69, 9.17) is 5.73 Å². The second-order valence-electron chi connectivity index (χ2n) is 3.59. The number of rotatable bonds is 1. The van der Waals surface area contributed by atoms with Gasteiger partial charge < -0.3 is 5.73 Å². The first-order chi connectivity index (χ1) is 6.50. The minimum atomic E-state index is -4.26. The van der Waals surface area contributed by atoms with E-state index in [0.717, 1.165) is 6.07 Å². The summed E-state index contributed by atoms with van der Waals surface area (Å²) in [6, 6.07) is 5.55. The van der Waals surface area contributed by atoms with Crippen molar-refractivity contribution in [2.24, 2.45) is 5.73 Å². The maximum absolute atomic E-state index is 12.5. The Balaban J connectivity index is 2.39. The van der Waals surface area contributed by atoms with Crippen molar-refractivity contribution in [1.29, 1.82) is 0 Å². The highest BCUT2D eigenvalue weighted by atomic mass is 19.4. The van der Waals surface area contributed by atoms with Gasteiger partial charge >= 0.3 is 6.18 Å². The van der Waals surface area contributed by atoms with Gasteiger partial charge in [0.25, 0.3) is 0 Å². The molecule has 0 heterocycles. The van der Waals surface area contributed by atoms with Crippen LogP contribution in [0.5, 0.6) is 0 Å². The molecule has 1 fully saturated rings. The summed E-state index contributed by atoms with van der Waals surface area (Å²) in [6.07, 6.45) is -3.61. The third-order valence-corrected chi connectivity index (χ3v) is 2.51. The predicted molar refractivity (Wildman–Crippen MR) is 46.8 cm³/mol. The van der Waals surface area contributed by atoms with E-state index in [0.29, 0.717) is 12.0 Å². The SMILES string of the molecule is N[C@H]1C[C@H]1c1ccccc1C(F)(F)F. The highest BCUT2D eigenvalue weighted by Crippen LogP contribution is 2.44. The topological polar surface area (TPSA) is 26.0 Å². The highest BCUT2D eigenvalue weighted by molar-refractivity contribution is 5.37. The zero-order chi connectivity index (χ0) is 10.3. The molecule has 0 radical (unpaired) electrons. The lowest BCUT2D eigenvalue weighted by molar-refractivity contribution is -0.138. The highest BCUT2D eigenvalue weighted by Gasteiger charge is 2.42. The van der Waals surface area contributed by atoms with Crippen molar-refractivity contribution in [2.75, 3.05) is 0 Å². The van der Waals surface area contributed by atoms with Gasteiger partial charge in [-0.1, -0.05) is 18.2 Å². The Morgan fingerprint density at radius 2 is 1.79 bits per heavy atom. The van der Waals surface area contributed by atoms with E-state index in [1.807, 2.05) is 0 Å². The van der Waals surface area contributed by atoms with Crippen LogP contribution in [0.25, 0.3) is 0 Å². The molecule has 14 heavy (non-hydrogen) atoms. The molecule has 1 nitrogen and oxygen atoms in total. The minimum Gasteiger partial charge on any atom is -0.327 e. The van der Waals surface area contributed by atoms with E-state index in [2.05, 4.69) is 0 Å². The summed E-state index contributed by atoms with van der Waals surface area (Å²) in [5.74, 6) is -0.104. The standard InChI is InChI=1S/C10H10F3N/c11-10(12,13)8-4-2-1-3-6(8)7-5-9(7)14/h1-4,7,9H,5,14H2/t7-,9-/m0/s1. The summed E-state index contributed by atoms with van der Waals surface area (Å²) in [7, 11) is 0. The molecule has 76 valence electrons. The van der Waals surface area contributed by atoms with Gasteiger partial charge in [0.1, 0.15) is 0 Å². The molecule has 0 aromatic heterocycles. The molecule has 1 aliphatic rings. The molecule has 4 heteroatoms. The Hall–Kier alpha value is -1.03. The first kappa shape index (κ1) is 9.52. The third-order valence-electron chi connectivity index (χ3n) is 2.51. The van der Waals surface area contributed by atoms with Gasteiger partial charge in [-0.05, 0) is 18.1 Å². The second-order valence-corrected chi connectivity index (χ2v) is 3.59. The van der Waals surface area contributed by atoms with Gasteiger partial charge in [-0.15, -0.1) is 0 Å². The third kappa shape index (κ3) is 1.62. The number of alkyl halides is 3. The number of hydrogen-bond donors (Lipinski definition) is 1. The van der Waals surface area contributed by atoms with E-state index in [9.17, 15) is 13.2 Å². The summed E-state index contributed by atoms with van der Waals surface area (Å²) in [5, 5.41) is 0. The van der Waals surface area contributed by atoms with Gasteiger partial charge in [-0.25, -0.2) is 0 Å². The molecule has 0 amide bonds. The van der Waals surface area contributed by atoms with Crippen molar-refractivity contribution in [3.63, 3.8) is 0 Å². The second kappa shape index (κ2) is 2.98. The molecule has 2 rings (SSSR count). The van der Waals surface area contributed by atoms with E-state index in [-0.39, 0.29) is 12.0 Å². The van der Waals surface area contributed by atoms with E-state index in [1.165, 1.54) is 12.1 Å². The van der Waals surface area contributed by atoms with Crippen LogP contribution in [0.4, 0.5) is 13.2 Å². The van der Waals surface area contributed by atoms with Gasteiger partial charge in [0.2, 0.25) is 0 Å². The molecule has 0 bridgehead atoms. The van der Waals surface area contributed by atoms with Crippen molar-refractivity contribution >= 4 is 0 Å². The Bertz CT molecular complexity index is 345. The monoisotopic (exact) mass is 201 g/mol. The fraction of sp³-hybridized carbons (Fsp3) is 0.400. The van der Waals surface area contributed by atoms with Crippen LogP contribution in [0.1, 0.15) is 23.5 Å². The summed E-state index contributed by atoms with van der Waals surface area (Å²) in [5.41, 5.74) is 5.34. The van der Waals surface area contributed by atoms with Crippen LogP contribution in [-0.2, 0) is 6.18 Å². The van der Waals surface area contributed by atoms with Gasteiger partial charge in [0, 0.05) is 12.0 Å². The predicted octanol–water partition coefficient (Wildman–Crippen LogP) is 2.52. The van der Waals surface area contributed by atoms with Gasteiger partial charge in [-0.3, -0.25) is 0 Å². The molecule has 1 saturated carbocycles. The molecule has 2 atom stereocenters. The van der Waals surface area contributed by atoms with Crippen molar-refractivity contribution in [1.82, 2.24) is 0 Å². The minimum absolute atomic E-state index is 0.0986. The van der Waals surface area contributed by atoms with Crippen molar-refractivity contribution in [2.45, 2.75) is 24.6 Å². The smallest absolute Gasteiger partial charge is 0.327 e. The van der Waals surface area contributed by atoms with Crippen LogP contribution >= 0.6 is 0 Å². The summed E-state index contributed by atoms with van der Waals surface area (Å²) in [4.78, 5) is 0. The molecule has 1 aromatic carbocycles. The largest absolute Gasteiger partial charge is 0.416 e. The van der Waals surface area contributed by atoms with Crippen LogP contribution in [-0.4, -0.2) is 6.04 Å². The van der Waals surface area contributed by atoms with Gasteiger partial charge in [-0.2, -0.15) is 13.2 Å². The van der Waals surface area contributed by atoms with Gasteiger partial charge in [0.05, 0.1) is 5.56 Å². The molecular weight excluding hydrogens is 191 g/mol. The maximum atomic E-state index is 12.5. The number of hydrogen-bond acceptors (Lipinski definition) is 1. The molecule has 1 aromatic rings. The Labute approximate surface area is 79.7 Å². The summed E-state index contributed by atoms with van der Waals surface area (Å²) >= 11 is 0. The average molecular weight is 201 g/mol. The first-order valence-electron chi connectivity index (χ1n) is 4.42. The lowest BCUT2D eigenvalue weighted by Crippen LogP contribution is -2.10. The maximum Gasteiger partial charge on any atom is 0.416 e. The normalized spacial score (nSPS) is 26.3. The molecular formula is C10H10F3N. The molecule has 0 saturated heterocycles. The zero-order valence-electron chi connectivity index (χ0n) is 7.38. The quantitative estimate of drug-likeness (QED) is 0.742. The summed E-state index contributed by atoms with van der Waals surface area (Å²) in [6.45, 7) is 0. The van der Waals surface area contributed by atoms with Gasteiger partial charge in [0.15, 0.2) is 0 Å². The number of nitrogens with two attached hydrogens (primary N) is 1. The Morgan fingerprint density at radius 1 is 1.21 bits per heavy atom. The van der Waals surface area contributed by atoms with Crippen LogP contribution < -0.4 is 5.73 Å². The molecule has 2 N–H and O–H groups in total. The van der Waals surface area contributed by atoms with E-state index >= 15 is 0 Å². The average Bonchev–Trinajstić information content (AvgIpc) is 2.81. The van der Waals surface area contributed by atoms with Crippen LogP contribution in [0.15, 0.2) is 24.3 Å². The van der Waals surface area contributed by atoms with Crippen LogP contribution in [0, 0.1) is 0 Å². The van der Waals surface area contributed by atoms with Crippen molar-refractivity contribution < 1.29 is 13.2 Å². The van der Waals surface area contributed by atoms with Crippen LogP contribution in [0.2, 0.25) is 0 Å². The number of benzene rings is 1. The fourth-order valence-electron chi connectivity index (χ4n) is 1.65. The van der Waals surface area contributed by atoms with E-state index < -0.39 is 11.7 Å². The zero-order valence-corrected chi connectivity index (χ0v) is 7.38. The van der Waals surface area contributed by atoms with Crippen molar-refractivity contribution in [3.8, 4) is 0 Å². The Kier molecular flexibility index (Phi) is 2.03. The molecule has 0 spiro atoms.